The van der Waals surface area contributed by atoms with Crippen molar-refractivity contribution in [2.45, 2.75) is 31.6 Å². The number of carboxylic acid groups (broad SMARTS) is 1. The topological polar surface area (TPSA) is 57.5 Å². The first-order valence-electron chi connectivity index (χ1n) is 5.67. The summed E-state index contributed by atoms with van der Waals surface area (Å²) in [7, 11) is 0. The van der Waals surface area contributed by atoms with E-state index >= 15 is 0 Å². The van der Waals surface area contributed by atoms with E-state index in [-0.39, 0.29) is 18.1 Å². The Labute approximate surface area is 94.7 Å². The molecule has 2 N–H and O–H groups in total. The molecular formula is C13H16O3. The fourth-order valence-corrected chi connectivity index (χ4v) is 2.34. The predicted molar refractivity (Wildman–Crippen MR) is 60.4 cm³/mol. The predicted octanol–water partition coefficient (Wildman–Crippen LogP) is 2.75. The summed E-state index contributed by atoms with van der Waals surface area (Å²) in [6, 6.07) is 6.98. The van der Waals surface area contributed by atoms with Gasteiger partial charge in [-0.3, -0.25) is 4.79 Å². The van der Waals surface area contributed by atoms with Crippen molar-refractivity contribution < 1.29 is 15.0 Å². The largest absolute Gasteiger partial charge is 0.508 e. The van der Waals surface area contributed by atoms with Crippen molar-refractivity contribution in [1.82, 2.24) is 0 Å². The maximum Gasteiger partial charge on any atom is 0.303 e. The summed E-state index contributed by atoms with van der Waals surface area (Å²) in [4.78, 5) is 10.8. The van der Waals surface area contributed by atoms with Crippen molar-refractivity contribution in [3.05, 3.63) is 29.8 Å². The van der Waals surface area contributed by atoms with E-state index in [1.165, 1.54) is 6.42 Å². The standard InChI is InChI=1S/C13H16O3/c14-11-6-2-5-10(7-11)12(8-13(15)16)9-3-1-4-9/h2,5-7,9,12,14H,1,3-4,8H2,(H,15,16)/t12-/m0/s1. The highest BCUT2D eigenvalue weighted by Gasteiger charge is 2.30. The molecule has 86 valence electrons. The molecule has 0 aliphatic heterocycles. The van der Waals surface area contributed by atoms with Gasteiger partial charge in [-0.05, 0) is 42.4 Å². The van der Waals surface area contributed by atoms with Gasteiger partial charge in [0.1, 0.15) is 5.75 Å². The molecule has 0 aromatic heterocycles. The van der Waals surface area contributed by atoms with Gasteiger partial charge >= 0.3 is 5.97 Å². The van der Waals surface area contributed by atoms with Gasteiger partial charge in [0, 0.05) is 0 Å². The van der Waals surface area contributed by atoms with Crippen molar-refractivity contribution in [2.24, 2.45) is 5.92 Å². The minimum Gasteiger partial charge on any atom is -0.508 e. The van der Waals surface area contributed by atoms with Crippen LogP contribution in [0.5, 0.6) is 5.75 Å². The molecule has 0 heterocycles. The first-order valence-corrected chi connectivity index (χ1v) is 5.67. The third kappa shape index (κ3) is 2.35. The maximum atomic E-state index is 10.8. The van der Waals surface area contributed by atoms with E-state index in [0.29, 0.717) is 5.92 Å². The van der Waals surface area contributed by atoms with Crippen LogP contribution in [0.15, 0.2) is 24.3 Å². The highest BCUT2D eigenvalue weighted by atomic mass is 16.4. The molecule has 1 saturated carbocycles. The molecule has 1 aromatic carbocycles. The summed E-state index contributed by atoms with van der Waals surface area (Å²) in [5, 5.41) is 18.3. The Balaban J connectivity index is 2.19. The maximum absolute atomic E-state index is 10.8. The van der Waals surface area contributed by atoms with Crippen LogP contribution >= 0.6 is 0 Å². The highest BCUT2D eigenvalue weighted by Crippen LogP contribution is 2.41. The zero-order valence-corrected chi connectivity index (χ0v) is 9.10. The molecule has 0 spiro atoms. The van der Waals surface area contributed by atoms with E-state index in [1.807, 2.05) is 6.07 Å². The smallest absolute Gasteiger partial charge is 0.303 e. The van der Waals surface area contributed by atoms with Gasteiger partial charge in [-0.2, -0.15) is 0 Å². The lowest BCUT2D eigenvalue weighted by Gasteiger charge is -2.33. The molecular weight excluding hydrogens is 204 g/mol. The van der Waals surface area contributed by atoms with Gasteiger partial charge in [0.2, 0.25) is 0 Å². The average Bonchev–Trinajstić information content (AvgIpc) is 2.13. The zero-order chi connectivity index (χ0) is 11.5. The highest BCUT2D eigenvalue weighted by molar-refractivity contribution is 5.68. The molecule has 0 saturated heterocycles. The van der Waals surface area contributed by atoms with Crippen molar-refractivity contribution in [2.75, 3.05) is 0 Å². The third-order valence-electron chi connectivity index (χ3n) is 3.41. The summed E-state index contributed by atoms with van der Waals surface area (Å²) in [6.45, 7) is 0. The van der Waals surface area contributed by atoms with Gasteiger partial charge in [0.15, 0.2) is 0 Å². The summed E-state index contributed by atoms with van der Waals surface area (Å²) in [6.07, 6.45) is 3.56. The van der Waals surface area contributed by atoms with E-state index in [9.17, 15) is 9.90 Å². The Morgan fingerprint density at radius 1 is 1.44 bits per heavy atom. The number of aliphatic carboxylic acids is 1. The molecule has 0 amide bonds. The van der Waals surface area contributed by atoms with Crippen molar-refractivity contribution in [3.8, 4) is 5.75 Å². The lowest BCUT2D eigenvalue weighted by atomic mass is 9.72. The molecule has 3 nitrogen and oxygen atoms in total. The Hall–Kier alpha value is -1.51. The number of benzene rings is 1. The monoisotopic (exact) mass is 220 g/mol. The number of rotatable bonds is 4. The number of phenolic OH excluding ortho intramolecular Hbond substituents is 1. The van der Waals surface area contributed by atoms with Crippen LogP contribution in [0, 0.1) is 5.92 Å². The second-order valence-corrected chi connectivity index (χ2v) is 4.49. The molecule has 1 aliphatic rings. The number of carboxylic acids is 1. The van der Waals surface area contributed by atoms with Crippen LogP contribution in [0.3, 0.4) is 0 Å². The number of aromatic hydroxyl groups is 1. The molecule has 1 aliphatic carbocycles. The lowest BCUT2D eigenvalue weighted by Crippen LogP contribution is -2.22. The summed E-state index contributed by atoms with van der Waals surface area (Å²) < 4.78 is 0. The van der Waals surface area contributed by atoms with Gasteiger partial charge in [-0.25, -0.2) is 0 Å². The molecule has 0 radical (unpaired) electrons. The van der Waals surface area contributed by atoms with E-state index in [0.717, 1.165) is 18.4 Å². The van der Waals surface area contributed by atoms with Crippen molar-refractivity contribution in [1.29, 1.82) is 0 Å². The Bertz CT molecular complexity index is 383. The zero-order valence-electron chi connectivity index (χ0n) is 9.10. The third-order valence-corrected chi connectivity index (χ3v) is 3.41. The van der Waals surface area contributed by atoms with Crippen LogP contribution in [0.2, 0.25) is 0 Å². The van der Waals surface area contributed by atoms with Crippen LogP contribution in [-0.2, 0) is 4.79 Å². The second kappa shape index (κ2) is 4.56. The number of carbonyl (C=O) groups is 1. The molecule has 1 aromatic rings. The minimum atomic E-state index is -0.764. The summed E-state index contributed by atoms with van der Waals surface area (Å²) in [5.41, 5.74) is 0.951. The Morgan fingerprint density at radius 3 is 2.69 bits per heavy atom. The van der Waals surface area contributed by atoms with Crippen LogP contribution in [0.4, 0.5) is 0 Å². The lowest BCUT2D eigenvalue weighted by molar-refractivity contribution is -0.138. The number of hydrogen-bond donors (Lipinski definition) is 2. The summed E-state index contributed by atoms with van der Waals surface area (Å²) >= 11 is 0. The Kier molecular flexibility index (Phi) is 3.13. The molecule has 16 heavy (non-hydrogen) atoms. The number of phenols is 1. The van der Waals surface area contributed by atoms with Gasteiger partial charge in [0.05, 0.1) is 6.42 Å². The van der Waals surface area contributed by atoms with Gasteiger partial charge in [-0.1, -0.05) is 18.6 Å². The first kappa shape index (κ1) is 11.0. The molecule has 3 heteroatoms. The first-order chi connectivity index (χ1) is 7.66. The molecule has 2 rings (SSSR count). The minimum absolute atomic E-state index is 0.0540. The van der Waals surface area contributed by atoms with E-state index < -0.39 is 5.97 Å². The van der Waals surface area contributed by atoms with Gasteiger partial charge in [0.25, 0.3) is 0 Å². The van der Waals surface area contributed by atoms with E-state index in [1.54, 1.807) is 18.2 Å². The fraction of sp³-hybridized carbons (Fsp3) is 0.462. The van der Waals surface area contributed by atoms with Crippen molar-refractivity contribution in [3.63, 3.8) is 0 Å². The normalized spacial score (nSPS) is 17.8. The van der Waals surface area contributed by atoms with Crippen LogP contribution in [-0.4, -0.2) is 16.2 Å². The van der Waals surface area contributed by atoms with E-state index in [4.69, 9.17) is 5.11 Å². The molecule has 1 atom stereocenters. The van der Waals surface area contributed by atoms with Crippen LogP contribution in [0.1, 0.15) is 37.2 Å². The molecule has 0 unspecified atom stereocenters. The molecule has 0 bridgehead atoms. The van der Waals surface area contributed by atoms with Gasteiger partial charge < -0.3 is 10.2 Å². The summed E-state index contributed by atoms with van der Waals surface area (Å²) in [5.74, 6) is -0.0243. The second-order valence-electron chi connectivity index (χ2n) is 4.49. The SMILES string of the molecule is O=C(O)C[C@H](c1cccc(O)c1)C1CCC1. The van der Waals surface area contributed by atoms with Gasteiger partial charge in [-0.15, -0.1) is 0 Å². The Morgan fingerprint density at radius 2 is 2.19 bits per heavy atom. The number of hydrogen-bond acceptors (Lipinski definition) is 2. The van der Waals surface area contributed by atoms with E-state index in [2.05, 4.69) is 0 Å². The fourth-order valence-electron chi connectivity index (χ4n) is 2.34. The van der Waals surface area contributed by atoms with Crippen LogP contribution < -0.4 is 0 Å². The quantitative estimate of drug-likeness (QED) is 0.820. The average molecular weight is 220 g/mol. The van der Waals surface area contributed by atoms with Crippen LogP contribution in [0.25, 0.3) is 0 Å². The molecule has 1 fully saturated rings. The van der Waals surface area contributed by atoms with Crippen molar-refractivity contribution >= 4 is 5.97 Å².